The lowest BCUT2D eigenvalue weighted by atomic mass is 10.7. The van der Waals surface area contributed by atoms with E-state index in [1.807, 2.05) is 4.98 Å². The van der Waals surface area contributed by atoms with Gasteiger partial charge in [-0.3, -0.25) is 9.78 Å². The molecule has 0 amide bonds. The lowest BCUT2D eigenvalue weighted by molar-refractivity contribution is 1.04. The molecule has 2 N–H and O–H groups in total. The van der Waals surface area contributed by atoms with Crippen molar-refractivity contribution in [3.8, 4) is 0 Å². The molecule has 0 aliphatic carbocycles. The third-order valence-corrected chi connectivity index (χ3v) is 0.686. The highest BCUT2D eigenvalue weighted by Gasteiger charge is 1.77. The first-order valence-corrected chi connectivity index (χ1v) is 4.00. The minimum absolute atomic E-state index is 0.381. The predicted octanol–water partition coefficient (Wildman–Crippen LogP) is -0.0554. The maximum atomic E-state index is 10.2. The third-order valence-electron chi connectivity index (χ3n) is 0.686. The summed E-state index contributed by atoms with van der Waals surface area (Å²) in [4.78, 5) is 24.7. The van der Waals surface area contributed by atoms with Gasteiger partial charge < -0.3 is 4.98 Å². The molecule has 0 radical (unpaired) electrons. The SMILES string of the molecule is CCP.O=c1cc[nH]c(=O)[nH]1. The lowest BCUT2D eigenvalue weighted by Gasteiger charge is -1.75. The van der Waals surface area contributed by atoms with Gasteiger partial charge >= 0.3 is 5.69 Å². The Morgan fingerprint density at radius 2 is 2.09 bits per heavy atom. The Balaban J connectivity index is 0.000000292. The largest absolute Gasteiger partial charge is 0.325 e. The van der Waals surface area contributed by atoms with Crippen molar-refractivity contribution in [3.05, 3.63) is 33.1 Å². The molecule has 0 aliphatic heterocycles. The fourth-order valence-corrected chi connectivity index (χ4v) is 0.383. The van der Waals surface area contributed by atoms with Crippen molar-refractivity contribution in [2.45, 2.75) is 6.92 Å². The van der Waals surface area contributed by atoms with Crippen LogP contribution in [0.2, 0.25) is 0 Å². The monoisotopic (exact) mass is 174 g/mol. The van der Waals surface area contributed by atoms with E-state index in [4.69, 9.17) is 0 Å². The summed E-state index contributed by atoms with van der Waals surface area (Å²) in [6.45, 7) is 2.09. The molecule has 1 atom stereocenters. The maximum absolute atomic E-state index is 10.2. The van der Waals surface area contributed by atoms with E-state index in [2.05, 4.69) is 21.1 Å². The molecule has 1 aromatic heterocycles. The minimum Gasteiger partial charge on any atom is -0.314 e. The van der Waals surface area contributed by atoms with Crippen molar-refractivity contribution < 1.29 is 0 Å². The summed E-state index contributed by atoms with van der Waals surface area (Å²) in [5.74, 6) is 0. The van der Waals surface area contributed by atoms with E-state index in [-0.39, 0.29) is 5.56 Å². The summed E-state index contributed by atoms with van der Waals surface area (Å²) >= 11 is 0. The second kappa shape index (κ2) is 5.86. The topological polar surface area (TPSA) is 65.7 Å². The summed E-state index contributed by atoms with van der Waals surface area (Å²) in [5, 5.41) is 0. The van der Waals surface area contributed by atoms with Gasteiger partial charge in [-0.25, -0.2) is 4.79 Å². The third kappa shape index (κ3) is 5.55. The van der Waals surface area contributed by atoms with Crippen LogP contribution in [0.4, 0.5) is 0 Å². The molecule has 4 nitrogen and oxygen atoms in total. The van der Waals surface area contributed by atoms with Crippen LogP contribution in [0.25, 0.3) is 0 Å². The van der Waals surface area contributed by atoms with Gasteiger partial charge in [-0.15, -0.1) is 9.24 Å². The Kier molecular flexibility index (Phi) is 5.39. The van der Waals surface area contributed by atoms with E-state index in [9.17, 15) is 9.59 Å². The summed E-state index contributed by atoms with van der Waals surface area (Å²) in [5.41, 5.74) is -0.855. The van der Waals surface area contributed by atoms with Crippen LogP contribution in [0, 0.1) is 0 Å². The van der Waals surface area contributed by atoms with Crippen molar-refractivity contribution in [1.29, 1.82) is 0 Å². The van der Waals surface area contributed by atoms with Gasteiger partial charge in [-0.1, -0.05) is 6.92 Å². The average molecular weight is 174 g/mol. The van der Waals surface area contributed by atoms with Gasteiger partial charge in [0.15, 0.2) is 0 Å². The zero-order valence-electron chi connectivity index (χ0n) is 6.26. The smallest absolute Gasteiger partial charge is 0.314 e. The molecule has 0 saturated carbocycles. The van der Waals surface area contributed by atoms with E-state index < -0.39 is 5.69 Å². The standard InChI is InChI=1S/C4H4N2O2.C2H7P/c7-3-1-2-5-4(8)6-3;1-2-3/h1-2H,(H2,5,6,7,8);2-3H2,1H3. The highest BCUT2D eigenvalue weighted by Crippen LogP contribution is 1.68. The first kappa shape index (κ1) is 10.1. The van der Waals surface area contributed by atoms with Crippen LogP contribution in [0.1, 0.15) is 6.92 Å². The van der Waals surface area contributed by atoms with E-state index in [0.29, 0.717) is 0 Å². The highest BCUT2D eigenvalue weighted by atomic mass is 31.0. The molecule has 0 saturated heterocycles. The molecular weight excluding hydrogens is 163 g/mol. The van der Waals surface area contributed by atoms with Crippen molar-refractivity contribution in [3.63, 3.8) is 0 Å². The van der Waals surface area contributed by atoms with E-state index in [1.54, 1.807) is 0 Å². The van der Waals surface area contributed by atoms with Crippen molar-refractivity contribution >= 4 is 9.24 Å². The van der Waals surface area contributed by atoms with E-state index >= 15 is 0 Å². The molecule has 1 heterocycles. The number of aromatic amines is 2. The molecule has 0 bridgehead atoms. The molecule has 0 fully saturated rings. The summed E-state index contributed by atoms with van der Waals surface area (Å²) in [6, 6.07) is 1.24. The molecule has 1 unspecified atom stereocenters. The predicted molar refractivity (Wildman–Crippen MR) is 47.9 cm³/mol. The van der Waals surface area contributed by atoms with Crippen LogP contribution >= 0.6 is 9.24 Å². The Labute approximate surface area is 66.3 Å². The first-order valence-electron chi connectivity index (χ1n) is 3.18. The van der Waals surface area contributed by atoms with Crippen molar-refractivity contribution in [1.82, 2.24) is 9.97 Å². The molecule has 5 heteroatoms. The normalized spacial score (nSPS) is 8.18. The van der Waals surface area contributed by atoms with Crippen LogP contribution in [0.15, 0.2) is 21.9 Å². The zero-order valence-corrected chi connectivity index (χ0v) is 7.41. The van der Waals surface area contributed by atoms with Crippen LogP contribution in [0.3, 0.4) is 0 Å². The van der Waals surface area contributed by atoms with Crippen molar-refractivity contribution in [2.24, 2.45) is 0 Å². The molecule has 1 aromatic rings. The Morgan fingerprint density at radius 3 is 2.36 bits per heavy atom. The van der Waals surface area contributed by atoms with Gasteiger partial charge in [0.2, 0.25) is 0 Å². The quantitative estimate of drug-likeness (QED) is 0.541. The number of hydrogen-bond acceptors (Lipinski definition) is 2. The number of aromatic nitrogens is 2. The average Bonchev–Trinajstić information content (AvgIpc) is 1.88. The first-order chi connectivity index (χ1) is 5.20. The lowest BCUT2D eigenvalue weighted by Crippen LogP contribution is -2.19. The number of nitrogens with one attached hydrogen (secondary N) is 2. The summed E-state index contributed by atoms with van der Waals surface area (Å²) in [7, 11) is 2.58. The molecular formula is C6H11N2O2P. The van der Waals surface area contributed by atoms with E-state index in [1.165, 1.54) is 18.4 Å². The molecule has 0 aliphatic rings. The molecule has 62 valence electrons. The van der Waals surface area contributed by atoms with Gasteiger partial charge in [-0.2, -0.15) is 0 Å². The second-order valence-electron chi connectivity index (χ2n) is 1.70. The second-order valence-corrected chi connectivity index (χ2v) is 2.52. The zero-order chi connectivity index (χ0) is 8.69. The van der Waals surface area contributed by atoms with Crippen LogP contribution in [-0.4, -0.2) is 16.1 Å². The Bertz CT molecular complexity index is 266. The van der Waals surface area contributed by atoms with Gasteiger partial charge in [-0.05, 0) is 6.16 Å². The molecule has 0 spiro atoms. The number of hydrogen-bond donors (Lipinski definition) is 2. The van der Waals surface area contributed by atoms with E-state index in [0.717, 1.165) is 0 Å². The van der Waals surface area contributed by atoms with Crippen LogP contribution < -0.4 is 11.2 Å². The molecule has 1 rings (SSSR count). The van der Waals surface area contributed by atoms with Gasteiger partial charge in [0.25, 0.3) is 5.56 Å². The minimum atomic E-state index is -0.475. The van der Waals surface area contributed by atoms with Gasteiger partial charge in [0.1, 0.15) is 0 Å². The molecule has 11 heavy (non-hydrogen) atoms. The van der Waals surface area contributed by atoms with Crippen molar-refractivity contribution in [2.75, 3.05) is 6.16 Å². The number of rotatable bonds is 0. The molecule has 0 aromatic carbocycles. The van der Waals surface area contributed by atoms with Crippen LogP contribution in [-0.2, 0) is 0 Å². The fourth-order valence-electron chi connectivity index (χ4n) is 0.383. The van der Waals surface area contributed by atoms with Crippen LogP contribution in [0.5, 0.6) is 0 Å². The highest BCUT2D eigenvalue weighted by molar-refractivity contribution is 7.16. The Hall–Kier alpha value is -0.890. The Morgan fingerprint density at radius 1 is 1.55 bits per heavy atom. The maximum Gasteiger partial charge on any atom is 0.325 e. The summed E-state index contributed by atoms with van der Waals surface area (Å²) < 4.78 is 0. The summed E-state index contributed by atoms with van der Waals surface area (Å²) in [6.07, 6.45) is 2.46. The van der Waals surface area contributed by atoms with Gasteiger partial charge in [0, 0.05) is 12.3 Å². The van der Waals surface area contributed by atoms with Gasteiger partial charge in [0.05, 0.1) is 0 Å². The number of H-pyrrole nitrogens is 2. The fraction of sp³-hybridized carbons (Fsp3) is 0.333.